The van der Waals surface area contributed by atoms with Gasteiger partial charge in [0.05, 0.1) is 5.56 Å². The predicted molar refractivity (Wildman–Crippen MR) is 66.9 cm³/mol. The lowest BCUT2D eigenvalue weighted by atomic mass is 10.3. The smallest absolute Gasteiger partial charge is 0.270 e. The van der Waals surface area contributed by atoms with Gasteiger partial charge >= 0.3 is 11.9 Å². The van der Waals surface area contributed by atoms with Crippen molar-refractivity contribution in [2.75, 3.05) is 0 Å². The van der Waals surface area contributed by atoms with E-state index in [-0.39, 0.29) is 15.3 Å². The molecule has 0 aliphatic rings. The van der Waals surface area contributed by atoms with Crippen molar-refractivity contribution in [3.63, 3.8) is 0 Å². The molecule has 0 amide bonds. The zero-order valence-corrected chi connectivity index (χ0v) is 11.6. The molecule has 2 rings (SSSR count). The highest BCUT2D eigenvalue weighted by atomic mass is 35.5. The lowest BCUT2D eigenvalue weighted by Crippen LogP contribution is -2.16. The van der Waals surface area contributed by atoms with Crippen LogP contribution in [0.5, 0.6) is 0 Å². The van der Waals surface area contributed by atoms with Gasteiger partial charge in [-0.15, -0.1) is 5.10 Å². The molecule has 10 heteroatoms. The van der Waals surface area contributed by atoms with Crippen LogP contribution in [0.1, 0.15) is 12.5 Å². The van der Waals surface area contributed by atoms with Gasteiger partial charge in [-0.1, -0.05) is 11.6 Å². The minimum atomic E-state index is -4.52. The van der Waals surface area contributed by atoms with Crippen LogP contribution in [0.4, 0.5) is 13.2 Å². The lowest BCUT2D eigenvalue weighted by molar-refractivity contribution is -0.137. The molecular formula is C10H8ClF3N4OS. The summed E-state index contributed by atoms with van der Waals surface area (Å²) in [7, 11) is 0. The maximum atomic E-state index is 12.7. The van der Waals surface area contributed by atoms with Crippen molar-refractivity contribution in [2.45, 2.75) is 29.8 Å². The van der Waals surface area contributed by atoms with Crippen molar-refractivity contribution in [1.29, 1.82) is 0 Å². The van der Waals surface area contributed by atoms with Crippen LogP contribution in [-0.4, -0.2) is 19.7 Å². The average molecular weight is 325 g/mol. The second-order valence-electron chi connectivity index (χ2n) is 3.67. The van der Waals surface area contributed by atoms with Crippen molar-refractivity contribution in [3.05, 3.63) is 33.3 Å². The second kappa shape index (κ2) is 5.49. The van der Waals surface area contributed by atoms with Gasteiger partial charge in [0.25, 0.3) is 0 Å². The first-order valence-corrected chi connectivity index (χ1v) is 6.58. The van der Waals surface area contributed by atoms with Crippen molar-refractivity contribution in [3.8, 4) is 0 Å². The van der Waals surface area contributed by atoms with Crippen LogP contribution in [0.2, 0.25) is 5.15 Å². The number of H-pyrrole nitrogens is 1. The topological polar surface area (TPSA) is 63.6 Å². The number of nitrogens with zero attached hydrogens (tertiary/aromatic N) is 3. The normalized spacial score (nSPS) is 11.8. The van der Waals surface area contributed by atoms with Crippen LogP contribution >= 0.6 is 23.4 Å². The zero-order valence-electron chi connectivity index (χ0n) is 10.0. The molecule has 108 valence electrons. The minimum absolute atomic E-state index is 0.0125. The Hall–Kier alpha value is -1.48. The Kier molecular flexibility index (Phi) is 4.09. The van der Waals surface area contributed by atoms with E-state index in [1.54, 1.807) is 6.92 Å². The number of nitrogens with one attached hydrogen (secondary N) is 1. The molecule has 0 aliphatic carbocycles. The molecule has 0 fully saturated rings. The van der Waals surface area contributed by atoms with Crippen molar-refractivity contribution in [1.82, 2.24) is 19.7 Å². The molecule has 2 aromatic heterocycles. The van der Waals surface area contributed by atoms with Gasteiger partial charge < -0.3 is 0 Å². The Bertz CT molecular complexity index is 682. The highest BCUT2D eigenvalue weighted by Gasteiger charge is 2.31. The van der Waals surface area contributed by atoms with Gasteiger partial charge in [0, 0.05) is 6.54 Å². The fraction of sp³-hybridized carbons (Fsp3) is 0.300. The molecule has 0 spiro atoms. The zero-order chi connectivity index (χ0) is 14.9. The van der Waals surface area contributed by atoms with Gasteiger partial charge in [-0.25, -0.2) is 14.9 Å². The highest BCUT2D eigenvalue weighted by molar-refractivity contribution is 7.99. The number of halogens is 4. The molecule has 0 aromatic carbocycles. The van der Waals surface area contributed by atoms with Gasteiger partial charge in [-0.2, -0.15) is 13.2 Å². The summed E-state index contributed by atoms with van der Waals surface area (Å²) in [5.74, 6) is 0. The van der Waals surface area contributed by atoms with E-state index in [2.05, 4.69) is 15.2 Å². The summed E-state index contributed by atoms with van der Waals surface area (Å²) in [6, 6.07) is 1.60. The maximum Gasteiger partial charge on any atom is 0.416 e. The molecular weight excluding hydrogens is 317 g/mol. The van der Waals surface area contributed by atoms with Crippen molar-refractivity contribution < 1.29 is 13.2 Å². The number of pyridine rings is 1. The molecule has 0 bridgehead atoms. The van der Waals surface area contributed by atoms with Gasteiger partial charge in [0.1, 0.15) is 10.2 Å². The van der Waals surface area contributed by atoms with Gasteiger partial charge in [0.2, 0.25) is 0 Å². The quantitative estimate of drug-likeness (QED) is 0.882. The van der Waals surface area contributed by atoms with Crippen LogP contribution in [-0.2, 0) is 12.7 Å². The Labute approximate surface area is 120 Å². The summed E-state index contributed by atoms with van der Waals surface area (Å²) in [5.41, 5.74) is -1.34. The third-order valence-corrected chi connectivity index (χ3v) is 3.44. The van der Waals surface area contributed by atoms with Crippen LogP contribution < -0.4 is 5.69 Å². The number of aromatic amines is 1. The molecule has 0 unspecified atom stereocenters. The number of aromatic nitrogens is 4. The summed E-state index contributed by atoms with van der Waals surface area (Å²) in [4.78, 5) is 15.1. The third-order valence-electron chi connectivity index (χ3n) is 2.33. The van der Waals surface area contributed by atoms with Crippen LogP contribution in [0.3, 0.4) is 0 Å². The van der Waals surface area contributed by atoms with Crippen LogP contribution in [0.25, 0.3) is 0 Å². The molecule has 0 saturated carbocycles. The predicted octanol–water partition coefficient (Wildman–Crippen LogP) is 2.81. The monoisotopic (exact) mass is 324 g/mol. The summed E-state index contributed by atoms with van der Waals surface area (Å²) < 4.78 is 39.3. The SMILES string of the molecule is CCn1c(Sc2cc(C(F)(F)F)cc(Cl)n2)n[nH]c1=O. The minimum Gasteiger partial charge on any atom is -0.270 e. The molecule has 0 radical (unpaired) electrons. The summed E-state index contributed by atoms with van der Waals surface area (Å²) in [6.07, 6.45) is -4.52. The maximum absolute atomic E-state index is 12.7. The molecule has 0 aliphatic heterocycles. The Morgan fingerprint density at radius 1 is 1.45 bits per heavy atom. The standard InChI is InChI=1S/C10H8ClF3N4OS/c1-2-18-8(19)16-17-9(18)20-7-4-5(10(12,13)14)3-6(11)15-7/h3-4H,2H2,1H3,(H,16,19). The molecule has 1 N–H and O–H groups in total. The third kappa shape index (κ3) is 3.15. The average Bonchev–Trinajstić information content (AvgIpc) is 2.68. The first kappa shape index (κ1) is 14.9. The first-order chi connectivity index (χ1) is 9.31. The molecule has 5 nitrogen and oxygen atoms in total. The number of hydrogen-bond donors (Lipinski definition) is 1. The Morgan fingerprint density at radius 3 is 2.75 bits per heavy atom. The molecule has 2 heterocycles. The van der Waals surface area contributed by atoms with Gasteiger partial charge in [-0.3, -0.25) is 4.57 Å². The van der Waals surface area contributed by atoms with E-state index in [0.717, 1.165) is 23.9 Å². The summed E-state index contributed by atoms with van der Waals surface area (Å²) >= 11 is 6.41. The number of alkyl halides is 3. The highest BCUT2D eigenvalue weighted by Crippen LogP contribution is 2.34. The van der Waals surface area contributed by atoms with E-state index >= 15 is 0 Å². The second-order valence-corrected chi connectivity index (χ2v) is 5.05. The Balaban J connectivity index is 2.39. The largest absolute Gasteiger partial charge is 0.416 e. The number of hydrogen-bond acceptors (Lipinski definition) is 4. The lowest BCUT2D eigenvalue weighted by Gasteiger charge is -2.08. The van der Waals surface area contributed by atoms with Crippen molar-refractivity contribution >= 4 is 23.4 Å². The van der Waals surface area contributed by atoms with E-state index in [9.17, 15) is 18.0 Å². The van der Waals surface area contributed by atoms with Crippen LogP contribution in [0, 0.1) is 0 Å². The van der Waals surface area contributed by atoms with Gasteiger partial charge in [0.15, 0.2) is 5.16 Å². The molecule has 0 saturated heterocycles. The van der Waals surface area contributed by atoms with E-state index in [4.69, 9.17) is 11.6 Å². The van der Waals surface area contributed by atoms with Crippen molar-refractivity contribution in [2.24, 2.45) is 0 Å². The number of rotatable bonds is 3. The molecule has 20 heavy (non-hydrogen) atoms. The first-order valence-electron chi connectivity index (χ1n) is 5.39. The van der Waals surface area contributed by atoms with E-state index < -0.39 is 17.4 Å². The van der Waals surface area contributed by atoms with Gasteiger partial charge in [-0.05, 0) is 30.8 Å². The summed E-state index contributed by atoms with van der Waals surface area (Å²) in [5, 5.41) is 5.91. The summed E-state index contributed by atoms with van der Waals surface area (Å²) in [6.45, 7) is 2.05. The molecule has 0 atom stereocenters. The Morgan fingerprint density at radius 2 is 2.15 bits per heavy atom. The van der Waals surface area contributed by atoms with E-state index in [1.165, 1.54) is 4.57 Å². The fourth-order valence-corrected chi connectivity index (χ4v) is 2.63. The molecule has 2 aromatic rings. The van der Waals surface area contributed by atoms with E-state index in [1.807, 2.05) is 0 Å². The fourth-order valence-electron chi connectivity index (χ4n) is 1.44. The van der Waals surface area contributed by atoms with Crippen LogP contribution in [0.15, 0.2) is 27.1 Å². The van der Waals surface area contributed by atoms with E-state index in [0.29, 0.717) is 6.54 Å².